The van der Waals surface area contributed by atoms with E-state index in [2.05, 4.69) is 5.32 Å². The van der Waals surface area contributed by atoms with Crippen molar-refractivity contribution < 1.29 is 23.4 Å². The summed E-state index contributed by atoms with van der Waals surface area (Å²) in [5.74, 6) is 0.388. The van der Waals surface area contributed by atoms with Gasteiger partial charge in [0.05, 0.1) is 6.61 Å². The van der Waals surface area contributed by atoms with Crippen molar-refractivity contribution >= 4 is 5.91 Å². The third-order valence-electron chi connectivity index (χ3n) is 2.70. The van der Waals surface area contributed by atoms with Gasteiger partial charge < -0.3 is 15.2 Å². The Kier molecular flexibility index (Phi) is 6.93. The van der Waals surface area contributed by atoms with Crippen LogP contribution >= 0.6 is 0 Å². The predicted molar refractivity (Wildman–Crippen MR) is 70.9 cm³/mol. The summed E-state index contributed by atoms with van der Waals surface area (Å²) in [6, 6.07) is 7.53. The van der Waals surface area contributed by atoms with Gasteiger partial charge in [-0.15, -0.1) is 0 Å². The largest absolute Gasteiger partial charge is 0.493 e. The average Bonchev–Trinajstić information content (AvgIpc) is 2.42. The SMILES string of the molecule is Cc1ccccc1OCCCC(=O)NCC(O)C(F)F. The fourth-order valence-electron chi connectivity index (χ4n) is 1.53. The molecule has 0 aliphatic rings. The molecule has 112 valence electrons. The molecule has 0 heterocycles. The number of para-hydroxylation sites is 1. The molecule has 0 aliphatic carbocycles. The van der Waals surface area contributed by atoms with Gasteiger partial charge in [-0.25, -0.2) is 8.78 Å². The Bertz CT molecular complexity index is 427. The molecule has 0 bridgehead atoms. The van der Waals surface area contributed by atoms with Crippen LogP contribution in [0.2, 0.25) is 0 Å². The van der Waals surface area contributed by atoms with E-state index in [1.807, 2.05) is 31.2 Å². The number of hydrogen-bond donors (Lipinski definition) is 2. The van der Waals surface area contributed by atoms with Crippen molar-refractivity contribution in [1.82, 2.24) is 5.32 Å². The maximum Gasteiger partial charge on any atom is 0.265 e. The van der Waals surface area contributed by atoms with Gasteiger partial charge in [0.2, 0.25) is 5.91 Å². The number of amides is 1. The molecular weight excluding hydrogens is 268 g/mol. The van der Waals surface area contributed by atoms with Crippen LogP contribution in [0.15, 0.2) is 24.3 Å². The Morgan fingerprint density at radius 3 is 2.75 bits per heavy atom. The van der Waals surface area contributed by atoms with Gasteiger partial charge in [0, 0.05) is 13.0 Å². The summed E-state index contributed by atoms with van der Waals surface area (Å²) >= 11 is 0. The number of nitrogens with one attached hydrogen (secondary N) is 1. The fraction of sp³-hybridized carbons (Fsp3) is 0.500. The Labute approximate surface area is 116 Å². The molecule has 1 amide bonds. The predicted octanol–water partition coefficient (Wildman–Crippen LogP) is 1.90. The summed E-state index contributed by atoms with van der Waals surface area (Å²) in [6.07, 6.45) is -4.02. The minimum absolute atomic E-state index is 0.168. The van der Waals surface area contributed by atoms with Gasteiger partial charge in [0.15, 0.2) is 0 Å². The fourth-order valence-corrected chi connectivity index (χ4v) is 1.53. The zero-order chi connectivity index (χ0) is 15.0. The van der Waals surface area contributed by atoms with E-state index in [0.29, 0.717) is 13.0 Å². The van der Waals surface area contributed by atoms with Crippen molar-refractivity contribution in [2.24, 2.45) is 0 Å². The average molecular weight is 287 g/mol. The second-order valence-corrected chi connectivity index (χ2v) is 4.42. The molecule has 0 spiro atoms. The molecule has 1 aromatic carbocycles. The van der Waals surface area contributed by atoms with Crippen LogP contribution in [-0.2, 0) is 4.79 Å². The number of halogens is 2. The van der Waals surface area contributed by atoms with Gasteiger partial charge in [-0.05, 0) is 25.0 Å². The molecule has 0 aliphatic heterocycles. The number of alkyl halides is 2. The van der Waals surface area contributed by atoms with Crippen LogP contribution in [-0.4, -0.2) is 36.7 Å². The third kappa shape index (κ3) is 5.97. The van der Waals surface area contributed by atoms with E-state index in [4.69, 9.17) is 9.84 Å². The number of benzene rings is 1. The third-order valence-corrected chi connectivity index (χ3v) is 2.70. The van der Waals surface area contributed by atoms with Crippen molar-refractivity contribution in [1.29, 1.82) is 0 Å². The normalized spacial score (nSPS) is 12.2. The number of rotatable bonds is 8. The zero-order valence-corrected chi connectivity index (χ0v) is 11.3. The molecule has 0 saturated carbocycles. The van der Waals surface area contributed by atoms with Crippen molar-refractivity contribution in [2.45, 2.75) is 32.3 Å². The van der Waals surface area contributed by atoms with Crippen LogP contribution in [0.25, 0.3) is 0 Å². The molecule has 4 nitrogen and oxygen atoms in total. The van der Waals surface area contributed by atoms with E-state index in [1.54, 1.807) is 0 Å². The van der Waals surface area contributed by atoms with E-state index < -0.39 is 19.1 Å². The molecule has 0 fully saturated rings. The molecule has 1 rings (SSSR count). The number of ether oxygens (including phenoxy) is 1. The second kappa shape index (κ2) is 8.47. The molecule has 0 aromatic heterocycles. The van der Waals surface area contributed by atoms with Crippen LogP contribution in [0.1, 0.15) is 18.4 Å². The first kappa shape index (κ1) is 16.4. The molecule has 6 heteroatoms. The van der Waals surface area contributed by atoms with E-state index in [-0.39, 0.29) is 12.3 Å². The van der Waals surface area contributed by atoms with Crippen molar-refractivity contribution in [3.05, 3.63) is 29.8 Å². The van der Waals surface area contributed by atoms with Crippen LogP contribution in [0.3, 0.4) is 0 Å². The Morgan fingerprint density at radius 2 is 2.10 bits per heavy atom. The number of carbonyl (C=O) groups is 1. The van der Waals surface area contributed by atoms with Crippen LogP contribution < -0.4 is 10.1 Å². The summed E-state index contributed by atoms with van der Waals surface area (Å²) in [5.41, 5.74) is 1.01. The van der Waals surface area contributed by atoms with Crippen LogP contribution in [0.5, 0.6) is 5.75 Å². The van der Waals surface area contributed by atoms with Gasteiger partial charge in [0.25, 0.3) is 6.43 Å². The molecule has 20 heavy (non-hydrogen) atoms. The lowest BCUT2D eigenvalue weighted by Crippen LogP contribution is -2.35. The van der Waals surface area contributed by atoms with Crippen LogP contribution in [0.4, 0.5) is 8.78 Å². The van der Waals surface area contributed by atoms with Crippen molar-refractivity contribution in [2.75, 3.05) is 13.2 Å². The second-order valence-electron chi connectivity index (χ2n) is 4.42. The Hall–Kier alpha value is -1.69. The summed E-state index contributed by atoms with van der Waals surface area (Å²) in [5, 5.41) is 11.1. The maximum absolute atomic E-state index is 12.0. The smallest absolute Gasteiger partial charge is 0.265 e. The van der Waals surface area contributed by atoms with Gasteiger partial charge in [-0.1, -0.05) is 18.2 Å². The number of carbonyl (C=O) groups excluding carboxylic acids is 1. The molecule has 0 radical (unpaired) electrons. The number of aliphatic hydroxyl groups excluding tert-OH is 1. The highest BCUT2D eigenvalue weighted by Gasteiger charge is 2.17. The highest BCUT2D eigenvalue weighted by Crippen LogP contribution is 2.16. The lowest BCUT2D eigenvalue weighted by atomic mass is 10.2. The standard InChI is InChI=1S/C14H19F2NO3/c1-10-5-2-3-6-12(10)20-8-4-7-13(19)17-9-11(18)14(15)16/h2-3,5-6,11,14,18H,4,7-9H2,1H3,(H,17,19). The van der Waals surface area contributed by atoms with Gasteiger partial charge in [0.1, 0.15) is 11.9 Å². The van der Waals surface area contributed by atoms with E-state index in [0.717, 1.165) is 11.3 Å². The summed E-state index contributed by atoms with van der Waals surface area (Å²) in [7, 11) is 0. The first-order valence-corrected chi connectivity index (χ1v) is 6.42. The first-order valence-electron chi connectivity index (χ1n) is 6.42. The Balaban J connectivity index is 2.15. The monoisotopic (exact) mass is 287 g/mol. The lowest BCUT2D eigenvalue weighted by Gasteiger charge is -2.11. The van der Waals surface area contributed by atoms with Gasteiger partial charge in [-0.3, -0.25) is 4.79 Å². The highest BCUT2D eigenvalue weighted by atomic mass is 19.3. The van der Waals surface area contributed by atoms with E-state index >= 15 is 0 Å². The minimum atomic E-state index is -2.85. The van der Waals surface area contributed by atoms with Crippen molar-refractivity contribution in [3.63, 3.8) is 0 Å². The molecule has 1 aromatic rings. The zero-order valence-electron chi connectivity index (χ0n) is 11.3. The maximum atomic E-state index is 12.0. The topological polar surface area (TPSA) is 58.6 Å². The first-order chi connectivity index (χ1) is 9.50. The molecule has 1 unspecified atom stereocenters. The highest BCUT2D eigenvalue weighted by molar-refractivity contribution is 5.75. The number of aliphatic hydroxyl groups is 1. The molecule has 2 N–H and O–H groups in total. The summed E-state index contributed by atoms with van der Waals surface area (Å²) < 4.78 is 29.5. The molecule has 0 saturated heterocycles. The van der Waals surface area contributed by atoms with Crippen LogP contribution in [0, 0.1) is 6.92 Å². The quantitative estimate of drug-likeness (QED) is 0.718. The van der Waals surface area contributed by atoms with E-state index in [1.165, 1.54) is 0 Å². The molecule has 1 atom stereocenters. The van der Waals surface area contributed by atoms with Gasteiger partial charge >= 0.3 is 0 Å². The van der Waals surface area contributed by atoms with Gasteiger partial charge in [-0.2, -0.15) is 0 Å². The number of hydrogen-bond acceptors (Lipinski definition) is 3. The minimum Gasteiger partial charge on any atom is -0.493 e. The Morgan fingerprint density at radius 1 is 1.40 bits per heavy atom. The van der Waals surface area contributed by atoms with Crippen molar-refractivity contribution in [3.8, 4) is 5.75 Å². The lowest BCUT2D eigenvalue weighted by molar-refractivity contribution is -0.122. The van der Waals surface area contributed by atoms with E-state index in [9.17, 15) is 13.6 Å². The number of aryl methyl sites for hydroxylation is 1. The molecular formula is C14H19F2NO3. The summed E-state index contributed by atoms with van der Waals surface area (Å²) in [4.78, 5) is 11.3. The summed E-state index contributed by atoms with van der Waals surface area (Å²) in [6.45, 7) is 1.86.